The molecular weight excluding hydrogens is 256 g/mol. The molecule has 2 heteroatoms. The van der Waals surface area contributed by atoms with Crippen LogP contribution in [0.5, 0.6) is 0 Å². The van der Waals surface area contributed by atoms with Crippen LogP contribution in [0.3, 0.4) is 0 Å². The molecule has 0 unspecified atom stereocenters. The second-order valence-corrected chi connectivity index (χ2v) is 6.03. The summed E-state index contributed by atoms with van der Waals surface area (Å²) in [7, 11) is 2.18. The Balaban J connectivity index is 0.000000774. The molecule has 2 aromatic rings. The number of rotatable bonds is 1. The van der Waals surface area contributed by atoms with E-state index in [1.165, 1.54) is 28.8 Å². The molecule has 0 atom stereocenters. The van der Waals surface area contributed by atoms with Gasteiger partial charge in [0.2, 0.25) is 0 Å². The van der Waals surface area contributed by atoms with E-state index in [-0.39, 0.29) is 5.41 Å². The summed E-state index contributed by atoms with van der Waals surface area (Å²) in [6.45, 7) is 9.81. The van der Waals surface area contributed by atoms with E-state index in [0.29, 0.717) is 0 Å². The minimum absolute atomic E-state index is 0.250. The Labute approximate surface area is 128 Å². The van der Waals surface area contributed by atoms with Gasteiger partial charge in [0.25, 0.3) is 0 Å². The standard InChI is InChI=1S/C17H20N2.C2H6/c1-17(2)8-10-19(3)16-7-6-13(11-15(16)17)14-5-4-9-18-12-14;1-2/h4-7,9,11-12H,8,10H2,1-3H3;1-2H3. The summed E-state index contributed by atoms with van der Waals surface area (Å²) in [5.41, 5.74) is 5.51. The Morgan fingerprint density at radius 2 is 1.86 bits per heavy atom. The van der Waals surface area contributed by atoms with Gasteiger partial charge in [-0.15, -0.1) is 0 Å². The van der Waals surface area contributed by atoms with Gasteiger partial charge >= 0.3 is 0 Å². The maximum atomic E-state index is 4.21. The predicted octanol–water partition coefficient (Wildman–Crippen LogP) is 4.89. The van der Waals surface area contributed by atoms with E-state index in [1.54, 1.807) is 0 Å². The lowest BCUT2D eigenvalue weighted by Crippen LogP contribution is -2.34. The zero-order valence-corrected chi connectivity index (χ0v) is 13.9. The maximum Gasteiger partial charge on any atom is 0.0402 e. The molecule has 1 aromatic carbocycles. The van der Waals surface area contributed by atoms with Gasteiger partial charge in [-0.1, -0.05) is 39.8 Å². The van der Waals surface area contributed by atoms with Gasteiger partial charge in [-0.3, -0.25) is 4.98 Å². The first kappa shape index (κ1) is 15.6. The summed E-state index contributed by atoms with van der Waals surface area (Å²) in [6.07, 6.45) is 4.95. The van der Waals surface area contributed by atoms with Crippen molar-refractivity contribution in [3.63, 3.8) is 0 Å². The third kappa shape index (κ3) is 3.10. The lowest BCUT2D eigenvalue weighted by molar-refractivity contribution is 0.462. The van der Waals surface area contributed by atoms with Crippen LogP contribution in [0.15, 0.2) is 42.7 Å². The molecule has 0 amide bonds. The lowest BCUT2D eigenvalue weighted by atomic mass is 9.77. The summed E-state index contributed by atoms with van der Waals surface area (Å²) in [5.74, 6) is 0. The summed E-state index contributed by atoms with van der Waals surface area (Å²) in [4.78, 5) is 6.57. The van der Waals surface area contributed by atoms with Crippen molar-refractivity contribution >= 4 is 5.69 Å². The van der Waals surface area contributed by atoms with Gasteiger partial charge in [0.15, 0.2) is 0 Å². The Kier molecular flexibility index (Phi) is 4.66. The van der Waals surface area contributed by atoms with E-state index < -0.39 is 0 Å². The van der Waals surface area contributed by atoms with Gasteiger partial charge in [-0.25, -0.2) is 0 Å². The average Bonchev–Trinajstić information content (AvgIpc) is 2.54. The maximum absolute atomic E-state index is 4.21. The molecule has 21 heavy (non-hydrogen) atoms. The van der Waals surface area contributed by atoms with Crippen molar-refractivity contribution < 1.29 is 0 Å². The van der Waals surface area contributed by atoms with Crippen molar-refractivity contribution in [3.05, 3.63) is 48.3 Å². The Hall–Kier alpha value is -1.83. The SMILES string of the molecule is CC.CN1CCC(C)(C)c2cc(-c3cccnc3)ccc21. The van der Waals surface area contributed by atoms with Gasteiger partial charge in [-0.2, -0.15) is 0 Å². The van der Waals surface area contributed by atoms with Crippen molar-refractivity contribution in [2.45, 2.75) is 39.5 Å². The van der Waals surface area contributed by atoms with Crippen LogP contribution in [0.4, 0.5) is 5.69 Å². The number of pyridine rings is 1. The van der Waals surface area contributed by atoms with Crippen LogP contribution < -0.4 is 4.90 Å². The first-order chi connectivity index (χ1) is 10.1. The predicted molar refractivity (Wildman–Crippen MR) is 91.9 cm³/mol. The molecule has 1 aliphatic rings. The van der Waals surface area contributed by atoms with Crippen molar-refractivity contribution in [2.24, 2.45) is 0 Å². The smallest absolute Gasteiger partial charge is 0.0402 e. The molecule has 2 heterocycles. The minimum Gasteiger partial charge on any atom is -0.374 e. The molecule has 0 spiro atoms. The highest BCUT2D eigenvalue weighted by Crippen LogP contribution is 2.40. The summed E-state index contributed by atoms with van der Waals surface area (Å²) in [6, 6.07) is 10.9. The van der Waals surface area contributed by atoms with Crippen LogP contribution in [0.1, 0.15) is 39.7 Å². The van der Waals surface area contributed by atoms with E-state index in [1.807, 2.05) is 32.3 Å². The molecular formula is C19H26N2. The van der Waals surface area contributed by atoms with Crippen LogP contribution in [0.2, 0.25) is 0 Å². The fourth-order valence-corrected chi connectivity index (χ4v) is 2.83. The largest absolute Gasteiger partial charge is 0.374 e. The van der Waals surface area contributed by atoms with E-state index in [0.717, 1.165) is 6.54 Å². The van der Waals surface area contributed by atoms with E-state index in [9.17, 15) is 0 Å². The van der Waals surface area contributed by atoms with E-state index in [2.05, 4.69) is 55.0 Å². The zero-order chi connectivity index (χ0) is 15.5. The molecule has 112 valence electrons. The fraction of sp³-hybridized carbons (Fsp3) is 0.421. The second-order valence-electron chi connectivity index (χ2n) is 6.03. The molecule has 0 saturated heterocycles. The first-order valence-corrected chi connectivity index (χ1v) is 7.84. The van der Waals surface area contributed by atoms with Gasteiger partial charge in [0.05, 0.1) is 0 Å². The number of hydrogen-bond donors (Lipinski definition) is 0. The molecule has 3 rings (SSSR count). The number of fused-ring (bicyclic) bond motifs is 1. The van der Waals surface area contributed by atoms with Gasteiger partial charge in [0.1, 0.15) is 0 Å². The molecule has 1 aromatic heterocycles. The third-order valence-electron chi connectivity index (χ3n) is 4.20. The second kappa shape index (κ2) is 6.30. The van der Waals surface area contributed by atoms with Crippen molar-refractivity contribution in [1.29, 1.82) is 0 Å². The van der Waals surface area contributed by atoms with Crippen molar-refractivity contribution in [1.82, 2.24) is 4.98 Å². The van der Waals surface area contributed by atoms with Crippen molar-refractivity contribution in [2.75, 3.05) is 18.5 Å². The molecule has 0 N–H and O–H groups in total. The van der Waals surface area contributed by atoms with Crippen LogP contribution in [0.25, 0.3) is 11.1 Å². The molecule has 0 bridgehead atoms. The molecule has 0 aliphatic carbocycles. The highest BCUT2D eigenvalue weighted by Gasteiger charge is 2.29. The summed E-state index contributed by atoms with van der Waals surface area (Å²) >= 11 is 0. The number of aromatic nitrogens is 1. The zero-order valence-electron chi connectivity index (χ0n) is 13.9. The quantitative estimate of drug-likeness (QED) is 0.740. The molecule has 2 nitrogen and oxygen atoms in total. The van der Waals surface area contributed by atoms with Crippen LogP contribution in [0, 0.1) is 0 Å². The molecule has 1 aliphatic heterocycles. The normalized spacial score (nSPS) is 15.8. The van der Waals surface area contributed by atoms with E-state index >= 15 is 0 Å². The number of nitrogens with zero attached hydrogens (tertiary/aromatic N) is 2. The average molecular weight is 282 g/mol. The molecule has 0 fully saturated rings. The number of anilines is 1. The highest BCUT2D eigenvalue weighted by atomic mass is 15.1. The summed E-state index contributed by atoms with van der Waals surface area (Å²) in [5, 5.41) is 0. The Bertz CT molecular complexity index is 588. The van der Waals surface area contributed by atoms with Crippen LogP contribution in [-0.2, 0) is 5.41 Å². The highest BCUT2D eigenvalue weighted by molar-refractivity contribution is 5.70. The van der Waals surface area contributed by atoms with Crippen LogP contribution >= 0.6 is 0 Å². The fourth-order valence-electron chi connectivity index (χ4n) is 2.83. The van der Waals surface area contributed by atoms with Gasteiger partial charge in [-0.05, 0) is 46.7 Å². The molecule has 0 saturated carbocycles. The number of hydrogen-bond acceptors (Lipinski definition) is 2. The minimum atomic E-state index is 0.250. The third-order valence-corrected chi connectivity index (χ3v) is 4.20. The Morgan fingerprint density at radius 3 is 2.52 bits per heavy atom. The monoisotopic (exact) mass is 282 g/mol. The lowest BCUT2D eigenvalue weighted by Gasteiger charge is -2.38. The first-order valence-electron chi connectivity index (χ1n) is 7.84. The van der Waals surface area contributed by atoms with E-state index in [4.69, 9.17) is 0 Å². The van der Waals surface area contributed by atoms with Crippen LogP contribution in [-0.4, -0.2) is 18.6 Å². The van der Waals surface area contributed by atoms with Crippen molar-refractivity contribution in [3.8, 4) is 11.1 Å². The summed E-state index contributed by atoms with van der Waals surface area (Å²) < 4.78 is 0. The molecule has 0 radical (unpaired) electrons. The number of benzene rings is 1. The Morgan fingerprint density at radius 1 is 1.10 bits per heavy atom. The van der Waals surface area contributed by atoms with Gasteiger partial charge in [0, 0.05) is 31.7 Å². The van der Waals surface area contributed by atoms with Gasteiger partial charge < -0.3 is 4.90 Å². The topological polar surface area (TPSA) is 16.1 Å².